The number of anilines is 2. The molecular weight excluding hydrogens is 270 g/mol. The zero-order valence-corrected chi connectivity index (χ0v) is 12.4. The Hall–Kier alpha value is -2.22. The second kappa shape index (κ2) is 7.53. The number of nitrogens with one attached hydrogen (secondary N) is 1. The third kappa shape index (κ3) is 4.99. The van der Waals surface area contributed by atoms with E-state index in [1.54, 1.807) is 18.5 Å². The van der Waals surface area contributed by atoms with Crippen molar-refractivity contribution in [1.82, 2.24) is 24.7 Å². The van der Waals surface area contributed by atoms with E-state index in [1.165, 1.54) is 4.68 Å². The molecule has 21 heavy (non-hydrogen) atoms. The van der Waals surface area contributed by atoms with E-state index in [0.29, 0.717) is 31.0 Å². The van der Waals surface area contributed by atoms with Crippen LogP contribution in [0.4, 0.5) is 11.9 Å². The number of hydrogen-bond donors (Lipinski definition) is 2. The van der Waals surface area contributed by atoms with Gasteiger partial charge in [0.15, 0.2) is 0 Å². The van der Waals surface area contributed by atoms with Crippen LogP contribution in [0.3, 0.4) is 0 Å². The molecule has 0 aliphatic heterocycles. The third-order valence-electron chi connectivity index (χ3n) is 2.55. The number of nitrogens with two attached hydrogens (primary N) is 1. The van der Waals surface area contributed by atoms with E-state index < -0.39 is 0 Å². The first kappa shape index (κ1) is 15.2. The number of rotatable bonds is 8. The molecule has 0 fully saturated rings. The van der Waals surface area contributed by atoms with Gasteiger partial charge < -0.3 is 15.8 Å². The predicted octanol–water partition coefficient (Wildman–Crippen LogP) is 1.11. The standard InChI is InChI=1S/C13H21N7O/c1-10(2)9-21-8-4-5-15-12-17-11(14)18-13(19-12)20-7-3-6-16-20/h3,6-7,10H,4-5,8-9H2,1-2H3,(H3,14,15,17,18,19). The van der Waals surface area contributed by atoms with Gasteiger partial charge in [-0.1, -0.05) is 13.8 Å². The van der Waals surface area contributed by atoms with Crippen LogP contribution in [-0.2, 0) is 4.74 Å². The Balaban J connectivity index is 1.83. The van der Waals surface area contributed by atoms with Crippen LogP contribution in [0.1, 0.15) is 20.3 Å². The van der Waals surface area contributed by atoms with Crippen LogP contribution in [-0.4, -0.2) is 44.5 Å². The number of hydrogen-bond acceptors (Lipinski definition) is 7. The minimum absolute atomic E-state index is 0.161. The molecule has 2 aromatic heterocycles. The Bertz CT molecular complexity index is 541. The smallest absolute Gasteiger partial charge is 0.257 e. The van der Waals surface area contributed by atoms with Gasteiger partial charge in [-0.3, -0.25) is 0 Å². The topological polar surface area (TPSA) is 104 Å². The van der Waals surface area contributed by atoms with Crippen LogP contribution in [0.25, 0.3) is 5.95 Å². The summed E-state index contributed by atoms with van der Waals surface area (Å²) in [6, 6.07) is 1.79. The van der Waals surface area contributed by atoms with Gasteiger partial charge in [0, 0.05) is 32.2 Å². The van der Waals surface area contributed by atoms with Gasteiger partial charge in [-0.15, -0.1) is 0 Å². The molecule has 0 spiro atoms. The molecule has 0 amide bonds. The van der Waals surface area contributed by atoms with Gasteiger partial charge in [0.25, 0.3) is 5.95 Å². The minimum Gasteiger partial charge on any atom is -0.381 e. The second-order valence-electron chi connectivity index (χ2n) is 5.02. The first-order valence-electron chi connectivity index (χ1n) is 6.98. The Morgan fingerprint density at radius 2 is 2.19 bits per heavy atom. The summed E-state index contributed by atoms with van der Waals surface area (Å²) in [6.45, 7) is 6.45. The van der Waals surface area contributed by atoms with Gasteiger partial charge in [0.2, 0.25) is 11.9 Å². The molecule has 8 nitrogen and oxygen atoms in total. The molecule has 0 unspecified atom stereocenters. The predicted molar refractivity (Wildman–Crippen MR) is 80.1 cm³/mol. The van der Waals surface area contributed by atoms with Crippen molar-refractivity contribution in [2.24, 2.45) is 5.92 Å². The lowest BCUT2D eigenvalue weighted by Gasteiger charge is -2.08. The summed E-state index contributed by atoms with van der Waals surface area (Å²) in [5, 5.41) is 7.18. The molecular formula is C13H21N7O. The lowest BCUT2D eigenvalue weighted by atomic mass is 10.2. The first-order chi connectivity index (χ1) is 10.1. The molecule has 0 aliphatic carbocycles. The van der Waals surface area contributed by atoms with Crippen molar-refractivity contribution < 1.29 is 4.74 Å². The summed E-state index contributed by atoms with van der Waals surface area (Å²) in [7, 11) is 0. The summed E-state index contributed by atoms with van der Waals surface area (Å²) in [5.74, 6) is 1.55. The van der Waals surface area contributed by atoms with E-state index in [4.69, 9.17) is 10.5 Å². The van der Waals surface area contributed by atoms with E-state index in [-0.39, 0.29) is 5.95 Å². The van der Waals surface area contributed by atoms with E-state index in [2.05, 4.69) is 39.2 Å². The Labute approximate surface area is 123 Å². The lowest BCUT2D eigenvalue weighted by Crippen LogP contribution is -2.13. The number of nitrogens with zero attached hydrogens (tertiary/aromatic N) is 5. The summed E-state index contributed by atoms with van der Waals surface area (Å²) in [5.41, 5.74) is 5.68. The van der Waals surface area contributed by atoms with Crippen LogP contribution in [0.5, 0.6) is 0 Å². The zero-order valence-electron chi connectivity index (χ0n) is 12.4. The lowest BCUT2D eigenvalue weighted by molar-refractivity contribution is 0.110. The average molecular weight is 291 g/mol. The first-order valence-corrected chi connectivity index (χ1v) is 6.98. The van der Waals surface area contributed by atoms with Gasteiger partial charge in [-0.2, -0.15) is 20.1 Å². The molecule has 8 heteroatoms. The average Bonchev–Trinajstić information content (AvgIpc) is 2.96. The van der Waals surface area contributed by atoms with Crippen LogP contribution in [0.15, 0.2) is 18.5 Å². The van der Waals surface area contributed by atoms with Crippen molar-refractivity contribution in [3.63, 3.8) is 0 Å². The number of aromatic nitrogens is 5. The molecule has 0 radical (unpaired) electrons. The summed E-state index contributed by atoms with van der Waals surface area (Å²) in [4.78, 5) is 12.4. The van der Waals surface area contributed by atoms with Gasteiger partial charge in [-0.25, -0.2) is 4.68 Å². The molecule has 114 valence electrons. The van der Waals surface area contributed by atoms with Gasteiger partial charge in [-0.05, 0) is 18.4 Å². The molecule has 0 saturated carbocycles. The molecule has 0 saturated heterocycles. The fourth-order valence-electron chi connectivity index (χ4n) is 1.64. The van der Waals surface area contributed by atoms with Crippen LogP contribution >= 0.6 is 0 Å². The van der Waals surface area contributed by atoms with E-state index in [0.717, 1.165) is 13.0 Å². The SMILES string of the molecule is CC(C)COCCCNc1nc(N)nc(-n2cccn2)n1. The minimum atomic E-state index is 0.161. The van der Waals surface area contributed by atoms with Crippen LogP contribution < -0.4 is 11.1 Å². The quantitative estimate of drug-likeness (QED) is 0.702. The van der Waals surface area contributed by atoms with Crippen molar-refractivity contribution in [3.8, 4) is 5.95 Å². The highest BCUT2D eigenvalue weighted by Crippen LogP contribution is 2.06. The van der Waals surface area contributed by atoms with Crippen molar-refractivity contribution in [2.75, 3.05) is 30.8 Å². The van der Waals surface area contributed by atoms with Crippen LogP contribution in [0.2, 0.25) is 0 Å². The fraction of sp³-hybridized carbons (Fsp3) is 0.538. The zero-order chi connectivity index (χ0) is 15.1. The van der Waals surface area contributed by atoms with Crippen molar-refractivity contribution in [2.45, 2.75) is 20.3 Å². The Morgan fingerprint density at radius 1 is 1.33 bits per heavy atom. The Morgan fingerprint density at radius 3 is 2.90 bits per heavy atom. The van der Waals surface area contributed by atoms with Crippen LogP contribution in [0, 0.1) is 5.92 Å². The highest BCUT2D eigenvalue weighted by Gasteiger charge is 2.06. The highest BCUT2D eigenvalue weighted by atomic mass is 16.5. The van der Waals surface area contributed by atoms with Gasteiger partial charge in [0.05, 0.1) is 0 Å². The van der Waals surface area contributed by atoms with Gasteiger partial charge >= 0.3 is 0 Å². The monoisotopic (exact) mass is 291 g/mol. The van der Waals surface area contributed by atoms with E-state index in [9.17, 15) is 0 Å². The van der Waals surface area contributed by atoms with Gasteiger partial charge in [0.1, 0.15) is 0 Å². The highest BCUT2D eigenvalue weighted by molar-refractivity contribution is 5.34. The molecule has 0 aliphatic rings. The van der Waals surface area contributed by atoms with Crippen molar-refractivity contribution >= 4 is 11.9 Å². The maximum absolute atomic E-state index is 5.68. The maximum Gasteiger partial charge on any atom is 0.257 e. The Kier molecular flexibility index (Phi) is 5.44. The molecule has 0 atom stereocenters. The molecule has 2 rings (SSSR count). The maximum atomic E-state index is 5.68. The summed E-state index contributed by atoms with van der Waals surface area (Å²) < 4.78 is 7.04. The summed E-state index contributed by atoms with van der Waals surface area (Å²) >= 11 is 0. The summed E-state index contributed by atoms with van der Waals surface area (Å²) in [6.07, 6.45) is 4.27. The third-order valence-corrected chi connectivity index (χ3v) is 2.55. The number of nitrogen functional groups attached to an aromatic ring is 1. The molecule has 0 bridgehead atoms. The van der Waals surface area contributed by atoms with Crippen molar-refractivity contribution in [1.29, 1.82) is 0 Å². The molecule has 3 N–H and O–H groups in total. The van der Waals surface area contributed by atoms with E-state index in [1.807, 2.05) is 0 Å². The van der Waals surface area contributed by atoms with Crippen molar-refractivity contribution in [3.05, 3.63) is 18.5 Å². The normalized spacial score (nSPS) is 11.0. The molecule has 0 aromatic carbocycles. The van der Waals surface area contributed by atoms with E-state index >= 15 is 0 Å². The largest absolute Gasteiger partial charge is 0.381 e. The fourth-order valence-corrected chi connectivity index (χ4v) is 1.64. The molecule has 2 aromatic rings. The molecule has 2 heterocycles. The number of ether oxygens (including phenoxy) is 1. The second-order valence-corrected chi connectivity index (χ2v) is 5.02.